The quantitative estimate of drug-likeness (QED) is 0.268. The molecule has 9 nitrogen and oxygen atoms in total. The van der Waals surface area contributed by atoms with Crippen molar-refractivity contribution in [2.75, 3.05) is 46.9 Å². The fourth-order valence-corrected chi connectivity index (χ4v) is 3.58. The number of carbonyl (C=O) groups excluding carboxylic acids is 2. The summed E-state index contributed by atoms with van der Waals surface area (Å²) in [7, 11) is 2.92. The number of ether oxygens (including phenoxy) is 3. The molecule has 0 saturated carbocycles. The second-order valence-corrected chi connectivity index (χ2v) is 7.68. The number of hydrogen-bond donors (Lipinski definition) is 1. The van der Waals surface area contributed by atoms with E-state index in [1.807, 2.05) is 6.07 Å². The molecule has 1 aliphatic rings. The predicted octanol–water partition coefficient (Wildman–Crippen LogP) is 1.90. The molecule has 0 bridgehead atoms. The van der Waals surface area contributed by atoms with Crippen molar-refractivity contribution in [3.05, 3.63) is 53.6 Å². The van der Waals surface area contributed by atoms with Gasteiger partial charge in [-0.3, -0.25) is 19.4 Å². The van der Waals surface area contributed by atoms with Gasteiger partial charge in [0.2, 0.25) is 5.75 Å². The Balaban J connectivity index is 1.48. The lowest BCUT2D eigenvalue weighted by atomic mass is 10.2. The molecule has 0 aliphatic carbocycles. The van der Waals surface area contributed by atoms with Gasteiger partial charge in [0, 0.05) is 45.2 Å². The number of benzene rings is 2. The van der Waals surface area contributed by atoms with E-state index >= 15 is 0 Å². The van der Waals surface area contributed by atoms with Gasteiger partial charge in [0.05, 0.1) is 27.0 Å². The van der Waals surface area contributed by atoms with E-state index in [0.29, 0.717) is 17.1 Å². The summed E-state index contributed by atoms with van der Waals surface area (Å²) < 4.78 is 15.7. The Bertz CT molecular complexity index is 947. The van der Waals surface area contributed by atoms with Crippen LogP contribution in [0.3, 0.4) is 0 Å². The van der Waals surface area contributed by atoms with Crippen LogP contribution >= 0.6 is 0 Å². The Morgan fingerprint density at radius 2 is 1.61 bits per heavy atom. The number of methoxy groups -OCH3 is 2. The average molecular weight is 455 g/mol. The Morgan fingerprint density at radius 3 is 2.18 bits per heavy atom. The Morgan fingerprint density at radius 1 is 1.00 bits per heavy atom. The van der Waals surface area contributed by atoms with Gasteiger partial charge < -0.3 is 14.2 Å². The third-order valence-electron chi connectivity index (χ3n) is 5.21. The van der Waals surface area contributed by atoms with Gasteiger partial charge >= 0.3 is 5.97 Å². The molecule has 1 fully saturated rings. The van der Waals surface area contributed by atoms with E-state index in [2.05, 4.69) is 44.6 Å². The van der Waals surface area contributed by atoms with Crippen molar-refractivity contribution in [2.45, 2.75) is 13.5 Å². The van der Waals surface area contributed by atoms with Crippen molar-refractivity contribution in [1.29, 1.82) is 0 Å². The number of nitrogens with one attached hydrogen (secondary N) is 1. The molecule has 0 atom stereocenters. The highest BCUT2D eigenvalue weighted by atomic mass is 16.6. The summed E-state index contributed by atoms with van der Waals surface area (Å²) >= 11 is 0. The van der Waals surface area contributed by atoms with Crippen LogP contribution in [0.2, 0.25) is 0 Å². The fourth-order valence-electron chi connectivity index (χ4n) is 3.58. The number of piperazine rings is 1. The van der Waals surface area contributed by atoms with Crippen LogP contribution in [0.25, 0.3) is 0 Å². The number of amides is 1. The first kappa shape index (κ1) is 24.2. The number of rotatable bonds is 9. The molecule has 1 amide bonds. The number of hydrazone groups is 1. The van der Waals surface area contributed by atoms with Gasteiger partial charge in [-0.05, 0) is 17.7 Å². The van der Waals surface area contributed by atoms with Crippen molar-refractivity contribution in [2.24, 2.45) is 5.10 Å². The van der Waals surface area contributed by atoms with E-state index in [0.717, 1.165) is 32.7 Å². The summed E-state index contributed by atoms with van der Waals surface area (Å²) in [6.07, 6.45) is 1.48. The van der Waals surface area contributed by atoms with Crippen LogP contribution in [0, 0.1) is 0 Å². The van der Waals surface area contributed by atoms with Crippen molar-refractivity contribution >= 4 is 18.1 Å². The Kier molecular flexibility index (Phi) is 8.79. The van der Waals surface area contributed by atoms with Gasteiger partial charge in [-0.15, -0.1) is 0 Å². The van der Waals surface area contributed by atoms with Crippen molar-refractivity contribution in [3.8, 4) is 17.2 Å². The number of nitrogens with zero attached hydrogens (tertiary/aromatic N) is 3. The minimum absolute atomic E-state index is 0.182. The fraction of sp³-hybridized carbons (Fsp3) is 0.375. The van der Waals surface area contributed by atoms with Gasteiger partial charge in [0.15, 0.2) is 11.5 Å². The zero-order valence-electron chi connectivity index (χ0n) is 19.2. The Hall–Kier alpha value is -3.43. The van der Waals surface area contributed by atoms with E-state index in [1.165, 1.54) is 32.9 Å². The maximum absolute atomic E-state index is 12.3. The standard InChI is InChI=1S/C24H30N4O5/c1-18(29)33-24-21(31-2)13-20(14-22(24)32-3)15-25-26-23(30)17-28-11-9-27(10-12-28)16-19-7-5-4-6-8-19/h4-8,13-15H,9-12,16-17H2,1-3H3,(H,26,30)/b25-15-. The van der Waals surface area contributed by atoms with Crippen LogP contribution in [0.1, 0.15) is 18.1 Å². The van der Waals surface area contributed by atoms with Gasteiger partial charge in [-0.25, -0.2) is 5.43 Å². The first-order chi connectivity index (χ1) is 16.0. The second-order valence-electron chi connectivity index (χ2n) is 7.68. The van der Waals surface area contributed by atoms with Crippen molar-refractivity contribution in [3.63, 3.8) is 0 Å². The average Bonchev–Trinajstić information content (AvgIpc) is 2.81. The second kappa shape index (κ2) is 12.0. The van der Waals surface area contributed by atoms with Crippen molar-refractivity contribution < 1.29 is 23.8 Å². The topological polar surface area (TPSA) is 92.7 Å². The summed E-state index contributed by atoms with van der Waals surface area (Å²) in [6.45, 7) is 6.00. The molecule has 176 valence electrons. The summed E-state index contributed by atoms with van der Waals surface area (Å²) in [4.78, 5) is 28.1. The smallest absolute Gasteiger partial charge is 0.308 e. The highest BCUT2D eigenvalue weighted by Crippen LogP contribution is 2.38. The molecule has 2 aromatic rings. The molecular formula is C24H30N4O5. The van der Waals surface area contributed by atoms with Crippen molar-refractivity contribution in [1.82, 2.24) is 15.2 Å². The van der Waals surface area contributed by atoms with Crippen LogP contribution in [0.4, 0.5) is 0 Å². The van der Waals surface area contributed by atoms with Gasteiger partial charge in [0.25, 0.3) is 5.91 Å². The van der Waals surface area contributed by atoms with E-state index in [4.69, 9.17) is 14.2 Å². The minimum atomic E-state index is -0.485. The summed E-state index contributed by atoms with van der Waals surface area (Å²) in [5, 5.41) is 4.04. The minimum Gasteiger partial charge on any atom is -0.493 e. The molecule has 1 aliphatic heterocycles. The molecule has 0 unspecified atom stereocenters. The first-order valence-corrected chi connectivity index (χ1v) is 10.7. The first-order valence-electron chi connectivity index (χ1n) is 10.7. The zero-order valence-corrected chi connectivity index (χ0v) is 19.2. The highest BCUT2D eigenvalue weighted by molar-refractivity contribution is 5.85. The van der Waals surface area contributed by atoms with Gasteiger partial charge in [-0.1, -0.05) is 30.3 Å². The molecule has 0 radical (unpaired) electrons. The summed E-state index contributed by atoms with van der Waals surface area (Å²) in [6, 6.07) is 13.7. The third kappa shape index (κ3) is 7.30. The molecule has 1 N–H and O–H groups in total. The lowest BCUT2D eigenvalue weighted by molar-refractivity contribution is -0.132. The summed E-state index contributed by atoms with van der Waals surface area (Å²) in [5.41, 5.74) is 4.48. The van der Waals surface area contributed by atoms with Crippen LogP contribution < -0.4 is 19.6 Å². The van der Waals surface area contributed by atoms with Crippen LogP contribution in [-0.2, 0) is 16.1 Å². The van der Waals surface area contributed by atoms with Crippen LogP contribution in [0.5, 0.6) is 17.2 Å². The van der Waals surface area contributed by atoms with E-state index in [1.54, 1.807) is 12.1 Å². The number of carbonyl (C=O) groups is 2. The largest absolute Gasteiger partial charge is 0.493 e. The Labute approximate surface area is 193 Å². The number of esters is 1. The maximum Gasteiger partial charge on any atom is 0.308 e. The third-order valence-corrected chi connectivity index (χ3v) is 5.21. The molecule has 1 heterocycles. The molecule has 0 aromatic heterocycles. The van der Waals surface area contributed by atoms with E-state index in [-0.39, 0.29) is 18.2 Å². The molecule has 33 heavy (non-hydrogen) atoms. The molecule has 3 rings (SSSR count). The monoisotopic (exact) mass is 454 g/mol. The molecule has 1 saturated heterocycles. The predicted molar refractivity (Wildman–Crippen MR) is 125 cm³/mol. The van der Waals surface area contributed by atoms with Crippen LogP contribution in [-0.4, -0.2) is 74.8 Å². The SMILES string of the molecule is COc1cc(/C=N\NC(=O)CN2CCN(Cc3ccccc3)CC2)cc(OC)c1OC(C)=O. The van der Waals surface area contributed by atoms with Crippen LogP contribution in [0.15, 0.2) is 47.6 Å². The molecule has 0 spiro atoms. The number of hydrogen-bond acceptors (Lipinski definition) is 8. The summed E-state index contributed by atoms with van der Waals surface area (Å²) in [5.74, 6) is 0.177. The molecular weight excluding hydrogens is 424 g/mol. The lowest BCUT2D eigenvalue weighted by Gasteiger charge is -2.34. The lowest BCUT2D eigenvalue weighted by Crippen LogP contribution is -2.48. The maximum atomic E-state index is 12.3. The van der Waals surface area contributed by atoms with E-state index in [9.17, 15) is 9.59 Å². The van der Waals surface area contributed by atoms with E-state index < -0.39 is 5.97 Å². The van der Waals surface area contributed by atoms with Gasteiger partial charge in [-0.2, -0.15) is 5.10 Å². The molecule has 2 aromatic carbocycles. The normalized spacial score (nSPS) is 14.8. The van der Waals surface area contributed by atoms with Gasteiger partial charge in [0.1, 0.15) is 0 Å². The molecule has 9 heteroatoms. The zero-order chi connectivity index (χ0) is 23.6. The highest BCUT2D eigenvalue weighted by Gasteiger charge is 2.19.